The number of methoxy groups -OCH3 is 1. The largest absolute Gasteiger partial charge is 0.478 e. The van der Waals surface area contributed by atoms with Crippen molar-refractivity contribution in [2.75, 3.05) is 13.7 Å². The minimum absolute atomic E-state index is 0.00215. The number of aliphatic carboxylic acids is 1. The molecule has 0 aliphatic heterocycles. The lowest BCUT2D eigenvalue weighted by Gasteiger charge is -2.15. The van der Waals surface area contributed by atoms with Gasteiger partial charge in [-0.3, -0.25) is 0 Å². The van der Waals surface area contributed by atoms with Crippen LogP contribution >= 0.6 is 31.9 Å². The summed E-state index contributed by atoms with van der Waals surface area (Å²) in [5.74, 6) is -0.593. The normalized spacial score (nSPS) is 12.2. The predicted molar refractivity (Wildman–Crippen MR) is 65.8 cm³/mol. The summed E-state index contributed by atoms with van der Waals surface area (Å²) in [6.45, 7) is -0.00215. The standard InChI is InChI=1S/C10H10Br2O4/c1-15-5-9(10(13)14)16-8-3-2-6(11)4-7(8)12/h2-4,9H,5H2,1H3,(H,13,14)/t9-/m0/s1. The Labute approximate surface area is 110 Å². The Bertz CT molecular complexity index is 381. The number of carboxylic acid groups (broad SMARTS) is 1. The van der Waals surface area contributed by atoms with Crippen LogP contribution < -0.4 is 4.74 Å². The van der Waals surface area contributed by atoms with E-state index in [1.807, 2.05) is 0 Å². The molecule has 1 rings (SSSR count). The van der Waals surface area contributed by atoms with Gasteiger partial charge in [0.05, 0.1) is 11.1 Å². The Balaban J connectivity index is 2.81. The lowest BCUT2D eigenvalue weighted by atomic mass is 10.3. The molecule has 0 aliphatic carbocycles. The number of rotatable bonds is 5. The van der Waals surface area contributed by atoms with Crippen molar-refractivity contribution < 1.29 is 19.4 Å². The van der Waals surface area contributed by atoms with Crippen molar-refractivity contribution in [3.63, 3.8) is 0 Å². The zero-order chi connectivity index (χ0) is 12.1. The zero-order valence-electron chi connectivity index (χ0n) is 8.44. The second-order valence-corrected chi connectivity index (χ2v) is 4.74. The third-order valence-corrected chi connectivity index (χ3v) is 2.87. The fraction of sp³-hybridized carbons (Fsp3) is 0.300. The molecular formula is C10H10Br2O4. The summed E-state index contributed by atoms with van der Waals surface area (Å²) in [5, 5.41) is 8.88. The highest BCUT2D eigenvalue weighted by atomic mass is 79.9. The van der Waals surface area contributed by atoms with Crippen LogP contribution in [0.2, 0.25) is 0 Å². The number of carbonyl (C=O) groups is 1. The molecule has 4 nitrogen and oxygen atoms in total. The molecule has 6 heteroatoms. The van der Waals surface area contributed by atoms with E-state index in [1.54, 1.807) is 18.2 Å². The Morgan fingerprint density at radius 1 is 1.50 bits per heavy atom. The van der Waals surface area contributed by atoms with Gasteiger partial charge in [0.2, 0.25) is 6.10 Å². The third kappa shape index (κ3) is 3.77. The van der Waals surface area contributed by atoms with Crippen LogP contribution in [-0.4, -0.2) is 30.9 Å². The molecule has 1 N–H and O–H groups in total. The van der Waals surface area contributed by atoms with Crippen molar-refractivity contribution in [3.05, 3.63) is 27.1 Å². The number of benzene rings is 1. The van der Waals surface area contributed by atoms with Crippen molar-refractivity contribution in [3.8, 4) is 5.75 Å². The van der Waals surface area contributed by atoms with E-state index in [-0.39, 0.29) is 6.61 Å². The van der Waals surface area contributed by atoms with Crippen LogP contribution in [0, 0.1) is 0 Å². The second kappa shape index (κ2) is 6.22. The van der Waals surface area contributed by atoms with Crippen LogP contribution in [0.1, 0.15) is 0 Å². The van der Waals surface area contributed by atoms with Crippen molar-refractivity contribution in [1.29, 1.82) is 0 Å². The number of ether oxygens (including phenoxy) is 2. The number of hydrogen-bond acceptors (Lipinski definition) is 3. The van der Waals surface area contributed by atoms with Gasteiger partial charge in [-0.2, -0.15) is 0 Å². The van der Waals surface area contributed by atoms with Gasteiger partial charge in [-0.1, -0.05) is 15.9 Å². The maximum atomic E-state index is 10.8. The molecule has 1 aromatic carbocycles. The lowest BCUT2D eigenvalue weighted by Crippen LogP contribution is -2.31. The van der Waals surface area contributed by atoms with Crippen molar-refractivity contribution >= 4 is 37.8 Å². The fourth-order valence-electron chi connectivity index (χ4n) is 1.03. The van der Waals surface area contributed by atoms with Gasteiger partial charge < -0.3 is 14.6 Å². The summed E-state index contributed by atoms with van der Waals surface area (Å²) < 4.78 is 11.6. The molecule has 0 heterocycles. The predicted octanol–water partition coefficient (Wildman–Crippen LogP) is 2.69. The molecule has 1 aromatic rings. The first kappa shape index (κ1) is 13.5. The highest BCUT2D eigenvalue weighted by Gasteiger charge is 2.20. The molecule has 1 atom stereocenters. The highest BCUT2D eigenvalue weighted by Crippen LogP contribution is 2.28. The monoisotopic (exact) mass is 352 g/mol. The molecule has 0 fully saturated rings. The molecule has 16 heavy (non-hydrogen) atoms. The van der Waals surface area contributed by atoms with Gasteiger partial charge in [0.25, 0.3) is 0 Å². The van der Waals surface area contributed by atoms with Crippen molar-refractivity contribution in [2.45, 2.75) is 6.10 Å². The molecular weight excluding hydrogens is 344 g/mol. The zero-order valence-corrected chi connectivity index (χ0v) is 11.6. The van der Waals surface area contributed by atoms with Crippen LogP contribution in [0.5, 0.6) is 5.75 Å². The lowest BCUT2D eigenvalue weighted by molar-refractivity contribution is -0.147. The average Bonchev–Trinajstić information content (AvgIpc) is 2.20. The van der Waals surface area contributed by atoms with E-state index in [1.165, 1.54) is 7.11 Å². The molecule has 0 amide bonds. The first-order chi connectivity index (χ1) is 7.54. The minimum atomic E-state index is -1.06. The quantitative estimate of drug-likeness (QED) is 0.884. The smallest absolute Gasteiger partial charge is 0.347 e. The third-order valence-electron chi connectivity index (χ3n) is 1.76. The van der Waals surface area contributed by atoms with E-state index >= 15 is 0 Å². The number of hydrogen-bond donors (Lipinski definition) is 1. The summed E-state index contributed by atoms with van der Waals surface area (Å²) in [4.78, 5) is 10.8. The molecule has 0 spiro atoms. The first-order valence-corrected chi connectivity index (χ1v) is 5.96. The Morgan fingerprint density at radius 2 is 2.19 bits per heavy atom. The van der Waals surface area contributed by atoms with E-state index in [2.05, 4.69) is 31.9 Å². The van der Waals surface area contributed by atoms with E-state index in [0.29, 0.717) is 10.2 Å². The topological polar surface area (TPSA) is 55.8 Å². The van der Waals surface area contributed by atoms with Gasteiger partial charge in [0.1, 0.15) is 5.75 Å². The van der Waals surface area contributed by atoms with Gasteiger partial charge in [-0.25, -0.2) is 4.79 Å². The summed E-state index contributed by atoms with van der Waals surface area (Å²) >= 11 is 6.58. The van der Waals surface area contributed by atoms with E-state index in [9.17, 15) is 4.79 Å². The van der Waals surface area contributed by atoms with Gasteiger partial charge in [0, 0.05) is 11.6 Å². The van der Waals surface area contributed by atoms with Crippen LogP contribution in [-0.2, 0) is 9.53 Å². The van der Waals surface area contributed by atoms with Crippen molar-refractivity contribution in [1.82, 2.24) is 0 Å². The summed E-state index contributed by atoms with van der Waals surface area (Å²) in [7, 11) is 1.43. The Kier molecular flexibility index (Phi) is 5.24. The summed E-state index contributed by atoms with van der Waals surface area (Å²) in [6.07, 6.45) is -1.01. The van der Waals surface area contributed by atoms with Gasteiger partial charge in [-0.05, 0) is 34.1 Å². The average molecular weight is 354 g/mol. The van der Waals surface area contributed by atoms with Crippen LogP contribution in [0.3, 0.4) is 0 Å². The fourth-order valence-corrected chi connectivity index (χ4v) is 2.17. The molecule has 0 aromatic heterocycles. The van der Waals surface area contributed by atoms with Crippen molar-refractivity contribution in [2.24, 2.45) is 0 Å². The van der Waals surface area contributed by atoms with Crippen LogP contribution in [0.4, 0.5) is 0 Å². The van der Waals surface area contributed by atoms with Gasteiger partial charge in [0.15, 0.2) is 0 Å². The SMILES string of the molecule is COC[C@H](Oc1ccc(Br)cc1Br)C(=O)O. The molecule has 0 saturated heterocycles. The molecule has 88 valence electrons. The number of halogens is 2. The summed E-state index contributed by atoms with van der Waals surface area (Å²) in [6, 6.07) is 5.23. The van der Waals surface area contributed by atoms with E-state index in [4.69, 9.17) is 14.6 Å². The van der Waals surface area contributed by atoms with E-state index < -0.39 is 12.1 Å². The van der Waals surface area contributed by atoms with Gasteiger partial charge in [-0.15, -0.1) is 0 Å². The maximum Gasteiger partial charge on any atom is 0.347 e. The highest BCUT2D eigenvalue weighted by molar-refractivity contribution is 9.11. The molecule has 0 radical (unpaired) electrons. The molecule has 0 aliphatic rings. The second-order valence-electron chi connectivity index (χ2n) is 2.97. The Hall–Kier alpha value is -0.590. The molecule has 0 saturated carbocycles. The van der Waals surface area contributed by atoms with Crippen LogP contribution in [0.25, 0.3) is 0 Å². The Morgan fingerprint density at radius 3 is 2.69 bits per heavy atom. The maximum absolute atomic E-state index is 10.8. The van der Waals surface area contributed by atoms with E-state index in [0.717, 1.165) is 4.47 Å². The van der Waals surface area contributed by atoms with Gasteiger partial charge >= 0.3 is 5.97 Å². The van der Waals surface area contributed by atoms with Crippen LogP contribution in [0.15, 0.2) is 27.1 Å². The molecule has 0 unspecified atom stereocenters. The minimum Gasteiger partial charge on any atom is -0.478 e. The first-order valence-electron chi connectivity index (χ1n) is 4.38. The summed E-state index contributed by atoms with van der Waals surface area (Å²) in [5.41, 5.74) is 0. The number of carboxylic acids is 1. The molecule has 0 bridgehead atoms.